The quantitative estimate of drug-likeness (QED) is 0.808. The van der Waals surface area contributed by atoms with Crippen molar-refractivity contribution in [1.29, 1.82) is 0 Å². The summed E-state index contributed by atoms with van der Waals surface area (Å²) >= 11 is 5.93. The van der Waals surface area contributed by atoms with Crippen molar-refractivity contribution >= 4 is 17.3 Å². The maximum Gasteiger partial charge on any atom is 0.0635 e. The van der Waals surface area contributed by atoms with Crippen LogP contribution in [0.2, 0.25) is 5.02 Å². The van der Waals surface area contributed by atoms with Crippen LogP contribution in [0.3, 0.4) is 0 Å². The first kappa shape index (κ1) is 13.7. The van der Waals surface area contributed by atoms with Crippen LogP contribution in [0.5, 0.6) is 0 Å². The minimum atomic E-state index is 0.290. The second-order valence-electron chi connectivity index (χ2n) is 4.99. The number of halogens is 1. The van der Waals surface area contributed by atoms with Crippen molar-refractivity contribution in [1.82, 2.24) is 4.90 Å². The van der Waals surface area contributed by atoms with Crippen LogP contribution >= 0.6 is 11.6 Å². The Bertz CT molecular complexity index is 397. The first-order valence-electron chi connectivity index (χ1n) is 6.59. The lowest BCUT2D eigenvalue weighted by Gasteiger charge is -2.24. The molecule has 1 aromatic carbocycles. The Balaban J connectivity index is 1.96. The average molecular weight is 269 g/mol. The van der Waals surface area contributed by atoms with Crippen molar-refractivity contribution < 1.29 is 5.11 Å². The van der Waals surface area contributed by atoms with Crippen molar-refractivity contribution in [2.75, 3.05) is 18.9 Å². The van der Waals surface area contributed by atoms with E-state index in [1.54, 1.807) is 0 Å². The maximum atomic E-state index is 8.92. The van der Waals surface area contributed by atoms with Crippen LogP contribution in [0, 0.1) is 0 Å². The highest BCUT2D eigenvalue weighted by Gasteiger charge is 2.23. The SMILES string of the molecule is Nc1cc(CN2CCCC2CCCO)ccc1Cl. The van der Waals surface area contributed by atoms with Gasteiger partial charge in [-0.15, -0.1) is 0 Å². The molecule has 0 aromatic heterocycles. The molecule has 0 bridgehead atoms. The zero-order chi connectivity index (χ0) is 13.0. The normalized spacial score (nSPS) is 20.4. The van der Waals surface area contributed by atoms with Gasteiger partial charge in [0.2, 0.25) is 0 Å². The van der Waals surface area contributed by atoms with Gasteiger partial charge >= 0.3 is 0 Å². The third kappa shape index (κ3) is 3.37. The highest BCUT2D eigenvalue weighted by atomic mass is 35.5. The van der Waals surface area contributed by atoms with Crippen LogP contribution in [0.4, 0.5) is 5.69 Å². The number of benzene rings is 1. The van der Waals surface area contributed by atoms with E-state index in [1.807, 2.05) is 18.2 Å². The summed E-state index contributed by atoms with van der Waals surface area (Å²) in [5.74, 6) is 0. The van der Waals surface area contributed by atoms with Gasteiger partial charge in [-0.3, -0.25) is 4.90 Å². The molecule has 100 valence electrons. The number of aliphatic hydroxyl groups is 1. The van der Waals surface area contributed by atoms with Gasteiger partial charge in [-0.05, 0) is 49.9 Å². The van der Waals surface area contributed by atoms with Crippen molar-refractivity contribution in [3.63, 3.8) is 0 Å². The Hall–Kier alpha value is -0.770. The van der Waals surface area contributed by atoms with Gasteiger partial charge in [0, 0.05) is 19.2 Å². The van der Waals surface area contributed by atoms with Gasteiger partial charge in [0.05, 0.1) is 10.7 Å². The molecule has 2 rings (SSSR count). The monoisotopic (exact) mass is 268 g/mol. The van der Waals surface area contributed by atoms with Crippen molar-refractivity contribution in [2.24, 2.45) is 0 Å². The molecular formula is C14H21ClN2O. The lowest BCUT2D eigenvalue weighted by atomic mass is 10.1. The van der Waals surface area contributed by atoms with Gasteiger partial charge in [0.1, 0.15) is 0 Å². The Kier molecular flexibility index (Phi) is 4.87. The second-order valence-corrected chi connectivity index (χ2v) is 5.40. The molecule has 1 unspecified atom stereocenters. The zero-order valence-electron chi connectivity index (χ0n) is 10.6. The Morgan fingerprint density at radius 1 is 1.44 bits per heavy atom. The molecule has 0 spiro atoms. The Labute approximate surface area is 114 Å². The van der Waals surface area contributed by atoms with Crippen molar-refractivity contribution in [3.8, 4) is 0 Å². The number of nitrogens with zero attached hydrogens (tertiary/aromatic N) is 1. The fourth-order valence-corrected chi connectivity index (χ4v) is 2.80. The summed E-state index contributed by atoms with van der Waals surface area (Å²) in [6.07, 6.45) is 4.46. The van der Waals surface area contributed by atoms with E-state index in [1.165, 1.54) is 18.4 Å². The summed E-state index contributed by atoms with van der Waals surface area (Å²) in [7, 11) is 0. The molecule has 1 aliphatic heterocycles. The molecule has 1 heterocycles. The van der Waals surface area contributed by atoms with Gasteiger partial charge < -0.3 is 10.8 Å². The van der Waals surface area contributed by atoms with Crippen LogP contribution in [0.25, 0.3) is 0 Å². The molecule has 0 amide bonds. The molecule has 1 atom stereocenters. The average Bonchev–Trinajstić information content (AvgIpc) is 2.79. The molecule has 1 aliphatic rings. The second kappa shape index (κ2) is 6.41. The van der Waals surface area contributed by atoms with E-state index < -0.39 is 0 Å². The number of aliphatic hydroxyl groups excluding tert-OH is 1. The molecule has 3 nitrogen and oxygen atoms in total. The number of hydrogen-bond donors (Lipinski definition) is 2. The fourth-order valence-electron chi connectivity index (χ4n) is 2.68. The van der Waals surface area contributed by atoms with E-state index >= 15 is 0 Å². The Morgan fingerprint density at radius 3 is 3.00 bits per heavy atom. The van der Waals surface area contributed by atoms with Gasteiger partial charge in [-0.1, -0.05) is 17.7 Å². The predicted octanol–water partition coefficient (Wildman–Crippen LogP) is 2.66. The van der Waals surface area contributed by atoms with Crippen molar-refractivity contribution in [2.45, 2.75) is 38.3 Å². The molecule has 3 N–H and O–H groups in total. The number of hydrogen-bond acceptors (Lipinski definition) is 3. The van der Waals surface area contributed by atoms with E-state index in [0.29, 0.717) is 16.8 Å². The zero-order valence-corrected chi connectivity index (χ0v) is 11.4. The van der Waals surface area contributed by atoms with E-state index in [4.69, 9.17) is 22.4 Å². The third-order valence-corrected chi connectivity index (χ3v) is 3.98. The molecule has 1 saturated heterocycles. The standard InChI is InChI=1S/C14H21ClN2O/c15-13-6-5-11(9-14(13)16)10-17-7-1-3-12(17)4-2-8-18/h5-6,9,12,18H,1-4,7-8,10,16H2. The number of likely N-dealkylation sites (tertiary alicyclic amines) is 1. The number of nitrogens with two attached hydrogens (primary N) is 1. The molecule has 4 heteroatoms. The van der Waals surface area contributed by atoms with Crippen LogP contribution in [0.1, 0.15) is 31.2 Å². The van der Waals surface area contributed by atoms with Gasteiger partial charge in [-0.2, -0.15) is 0 Å². The van der Waals surface area contributed by atoms with Gasteiger partial charge in [0.25, 0.3) is 0 Å². The van der Waals surface area contributed by atoms with Crippen LogP contribution in [-0.2, 0) is 6.54 Å². The highest BCUT2D eigenvalue weighted by Crippen LogP contribution is 2.25. The summed E-state index contributed by atoms with van der Waals surface area (Å²) in [6.45, 7) is 2.36. The molecule has 0 radical (unpaired) electrons. The molecule has 1 aromatic rings. The van der Waals surface area contributed by atoms with E-state index in [2.05, 4.69) is 4.90 Å². The van der Waals surface area contributed by atoms with E-state index in [0.717, 1.165) is 25.9 Å². The largest absolute Gasteiger partial charge is 0.398 e. The Morgan fingerprint density at radius 2 is 2.28 bits per heavy atom. The van der Waals surface area contributed by atoms with E-state index in [9.17, 15) is 0 Å². The fraction of sp³-hybridized carbons (Fsp3) is 0.571. The summed E-state index contributed by atoms with van der Waals surface area (Å²) in [4.78, 5) is 2.48. The minimum Gasteiger partial charge on any atom is -0.398 e. The summed E-state index contributed by atoms with van der Waals surface area (Å²) in [5.41, 5.74) is 7.69. The van der Waals surface area contributed by atoms with Crippen LogP contribution in [0.15, 0.2) is 18.2 Å². The van der Waals surface area contributed by atoms with Gasteiger partial charge in [0.15, 0.2) is 0 Å². The predicted molar refractivity (Wildman–Crippen MR) is 75.6 cm³/mol. The summed E-state index contributed by atoms with van der Waals surface area (Å²) in [5, 5.41) is 9.54. The first-order valence-corrected chi connectivity index (χ1v) is 6.97. The van der Waals surface area contributed by atoms with Gasteiger partial charge in [-0.25, -0.2) is 0 Å². The molecule has 18 heavy (non-hydrogen) atoms. The minimum absolute atomic E-state index is 0.290. The molecule has 0 aliphatic carbocycles. The lowest BCUT2D eigenvalue weighted by Crippen LogP contribution is -2.29. The lowest BCUT2D eigenvalue weighted by molar-refractivity contribution is 0.210. The summed E-state index contributed by atoms with van der Waals surface area (Å²) < 4.78 is 0. The van der Waals surface area contributed by atoms with Crippen LogP contribution < -0.4 is 5.73 Å². The third-order valence-electron chi connectivity index (χ3n) is 3.64. The number of rotatable bonds is 5. The van der Waals surface area contributed by atoms with Crippen LogP contribution in [-0.4, -0.2) is 29.2 Å². The molecule has 0 saturated carbocycles. The number of nitrogen functional groups attached to an aromatic ring is 1. The summed E-state index contributed by atoms with van der Waals surface area (Å²) in [6, 6.07) is 6.48. The smallest absolute Gasteiger partial charge is 0.0635 e. The van der Waals surface area contributed by atoms with E-state index in [-0.39, 0.29) is 6.61 Å². The molecule has 1 fully saturated rings. The van der Waals surface area contributed by atoms with Crippen molar-refractivity contribution in [3.05, 3.63) is 28.8 Å². The first-order chi connectivity index (χ1) is 8.70. The molecular weight excluding hydrogens is 248 g/mol. The number of anilines is 1. The highest BCUT2D eigenvalue weighted by molar-refractivity contribution is 6.33. The topological polar surface area (TPSA) is 49.5 Å². The maximum absolute atomic E-state index is 8.92.